The molecule has 6 heteroatoms. The molecule has 0 saturated heterocycles. The van der Waals surface area contributed by atoms with Crippen LogP contribution in [0.5, 0.6) is 5.75 Å². The van der Waals surface area contributed by atoms with Crippen molar-refractivity contribution in [3.8, 4) is 5.75 Å². The molecule has 94 valence electrons. The quantitative estimate of drug-likeness (QED) is 0.626. The highest BCUT2D eigenvalue weighted by Crippen LogP contribution is 2.28. The van der Waals surface area contributed by atoms with Gasteiger partial charge in [-0.15, -0.1) is 13.2 Å². The van der Waals surface area contributed by atoms with Crippen LogP contribution in [0.2, 0.25) is 0 Å². The standard InChI is InChI=1S/C11H10BrF3O2/c1-6-8(10(16)7(2)12)4-3-5-9(6)17-11(13,14)15/h3-5,7H,1-2H3. The predicted octanol–water partition coefficient (Wildman–Crippen LogP) is 3.86. The number of benzene rings is 1. The van der Waals surface area contributed by atoms with E-state index in [-0.39, 0.29) is 22.7 Å². The number of ketones is 1. The van der Waals surface area contributed by atoms with Crippen LogP contribution in [-0.4, -0.2) is 17.0 Å². The molecule has 17 heavy (non-hydrogen) atoms. The maximum Gasteiger partial charge on any atom is 0.573 e. The Morgan fingerprint density at radius 1 is 1.41 bits per heavy atom. The van der Waals surface area contributed by atoms with Crippen molar-refractivity contribution in [2.24, 2.45) is 0 Å². The van der Waals surface area contributed by atoms with E-state index in [1.165, 1.54) is 25.1 Å². The van der Waals surface area contributed by atoms with Crippen LogP contribution >= 0.6 is 15.9 Å². The molecule has 0 aliphatic heterocycles. The molecule has 1 aromatic carbocycles. The van der Waals surface area contributed by atoms with Gasteiger partial charge in [-0.1, -0.05) is 28.1 Å². The van der Waals surface area contributed by atoms with Gasteiger partial charge in [-0.3, -0.25) is 4.79 Å². The molecule has 1 rings (SSSR count). The molecule has 1 aromatic rings. The molecule has 0 N–H and O–H groups in total. The lowest BCUT2D eigenvalue weighted by Gasteiger charge is -2.14. The molecule has 0 amide bonds. The average Bonchev–Trinajstić information content (AvgIpc) is 2.18. The number of alkyl halides is 4. The Balaban J connectivity index is 3.12. The third-order valence-electron chi connectivity index (χ3n) is 2.14. The number of halogens is 4. The van der Waals surface area contributed by atoms with E-state index in [1.54, 1.807) is 6.92 Å². The number of ether oxygens (including phenoxy) is 1. The van der Waals surface area contributed by atoms with Gasteiger partial charge in [-0.2, -0.15) is 0 Å². The molecular weight excluding hydrogens is 301 g/mol. The smallest absolute Gasteiger partial charge is 0.405 e. The first-order valence-electron chi connectivity index (χ1n) is 4.76. The van der Waals surface area contributed by atoms with Crippen LogP contribution in [0.15, 0.2) is 18.2 Å². The van der Waals surface area contributed by atoms with Crippen molar-refractivity contribution in [1.29, 1.82) is 0 Å². The fraction of sp³-hybridized carbons (Fsp3) is 0.364. The summed E-state index contributed by atoms with van der Waals surface area (Å²) in [4.78, 5) is 11.2. The van der Waals surface area contributed by atoms with Crippen molar-refractivity contribution < 1.29 is 22.7 Å². The number of hydrogen-bond donors (Lipinski definition) is 0. The van der Waals surface area contributed by atoms with Crippen molar-refractivity contribution >= 4 is 21.7 Å². The Hall–Kier alpha value is -1.04. The Morgan fingerprint density at radius 3 is 2.47 bits per heavy atom. The van der Waals surface area contributed by atoms with E-state index in [0.717, 1.165) is 0 Å². The number of carbonyl (C=O) groups excluding carboxylic acids is 1. The Labute approximate surface area is 105 Å². The SMILES string of the molecule is Cc1c(OC(F)(F)F)cccc1C(=O)C(C)Br. The van der Waals surface area contributed by atoms with Gasteiger partial charge in [0.15, 0.2) is 5.78 Å². The normalized spacial score (nSPS) is 13.3. The highest BCUT2D eigenvalue weighted by atomic mass is 79.9. The van der Waals surface area contributed by atoms with E-state index in [4.69, 9.17) is 0 Å². The van der Waals surface area contributed by atoms with Gasteiger partial charge in [0, 0.05) is 11.1 Å². The summed E-state index contributed by atoms with van der Waals surface area (Å²) in [5.41, 5.74) is 0.400. The van der Waals surface area contributed by atoms with E-state index < -0.39 is 11.2 Å². The maximum absolute atomic E-state index is 12.1. The van der Waals surface area contributed by atoms with E-state index in [1.807, 2.05) is 0 Å². The number of Topliss-reactive ketones (excluding diaryl/α,β-unsaturated/α-hetero) is 1. The van der Waals surface area contributed by atoms with Crippen molar-refractivity contribution in [3.63, 3.8) is 0 Å². The van der Waals surface area contributed by atoms with Crippen molar-refractivity contribution in [1.82, 2.24) is 0 Å². The summed E-state index contributed by atoms with van der Waals surface area (Å²) in [6, 6.07) is 4.01. The third kappa shape index (κ3) is 3.73. The highest BCUT2D eigenvalue weighted by Gasteiger charge is 2.32. The minimum absolute atomic E-state index is 0.182. The number of rotatable bonds is 3. The van der Waals surface area contributed by atoms with Crippen LogP contribution in [-0.2, 0) is 0 Å². The second-order valence-electron chi connectivity index (χ2n) is 3.46. The fourth-order valence-corrected chi connectivity index (χ4v) is 1.58. The van der Waals surface area contributed by atoms with Gasteiger partial charge >= 0.3 is 6.36 Å². The second-order valence-corrected chi connectivity index (χ2v) is 4.83. The van der Waals surface area contributed by atoms with Crippen LogP contribution in [0, 0.1) is 6.92 Å². The van der Waals surface area contributed by atoms with Crippen LogP contribution < -0.4 is 4.74 Å². The first-order chi connectivity index (χ1) is 7.72. The highest BCUT2D eigenvalue weighted by molar-refractivity contribution is 9.10. The fourth-order valence-electron chi connectivity index (χ4n) is 1.33. The lowest BCUT2D eigenvalue weighted by Crippen LogP contribution is -2.19. The molecule has 0 fully saturated rings. The van der Waals surface area contributed by atoms with Crippen LogP contribution in [0.4, 0.5) is 13.2 Å². The predicted molar refractivity (Wildman–Crippen MR) is 60.6 cm³/mol. The maximum atomic E-state index is 12.1. The van der Waals surface area contributed by atoms with E-state index in [2.05, 4.69) is 20.7 Å². The average molecular weight is 311 g/mol. The molecule has 0 aliphatic rings. The van der Waals surface area contributed by atoms with Crippen LogP contribution in [0.3, 0.4) is 0 Å². The van der Waals surface area contributed by atoms with Crippen molar-refractivity contribution in [3.05, 3.63) is 29.3 Å². The molecule has 0 spiro atoms. The summed E-state index contributed by atoms with van der Waals surface area (Å²) in [5.74, 6) is -0.633. The zero-order valence-corrected chi connectivity index (χ0v) is 10.7. The summed E-state index contributed by atoms with van der Waals surface area (Å²) in [6.45, 7) is 3.03. The summed E-state index contributed by atoms with van der Waals surface area (Å²) < 4.78 is 40.1. The van der Waals surface area contributed by atoms with Crippen molar-refractivity contribution in [2.45, 2.75) is 25.0 Å². The molecule has 0 bridgehead atoms. The lowest BCUT2D eigenvalue weighted by molar-refractivity contribution is -0.274. The molecule has 0 saturated carbocycles. The van der Waals surface area contributed by atoms with E-state index in [9.17, 15) is 18.0 Å². The summed E-state index contributed by atoms with van der Waals surface area (Å²) in [7, 11) is 0. The lowest BCUT2D eigenvalue weighted by atomic mass is 10.0. The zero-order valence-electron chi connectivity index (χ0n) is 9.14. The van der Waals surface area contributed by atoms with Crippen LogP contribution in [0.25, 0.3) is 0 Å². The minimum Gasteiger partial charge on any atom is -0.405 e. The van der Waals surface area contributed by atoms with Gasteiger partial charge in [0.25, 0.3) is 0 Å². The topological polar surface area (TPSA) is 26.3 Å². The first-order valence-corrected chi connectivity index (χ1v) is 5.67. The van der Waals surface area contributed by atoms with Gasteiger partial charge in [0.2, 0.25) is 0 Å². The molecule has 0 aliphatic carbocycles. The second kappa shape index (κ2) is 5.08. The third-order valence-corrected chi connectivity index (χ3v) is 2.55. The van der Waals surface area contributed by atoms with Gasteiger partial charge in [0.05, 0.1) is 4.83 Å². The number of hydrogen-bond acceptors (Lipinski definition) is 2. The molecular formula is C11H10BrF3O2. The number of carbonyl (C=O) groups is 1. The first kappa shape index (κ1) is 14.0. The van der Waals surface area contributed by atoms with E-state index in [0.29, 0.717) is 0 Å². The summed E-state index contributed by atoms with van der Waals surface area (Å²) in [6.07, 6.45) is -4.76. The van der Waals surface area contributed by atoms with Crippen molar-refractivity contribution in [2.75, 3.05) is 0 Å². The minimum atomic E-state index is -4.76. The monoisotopic (exact) mass is 310 g/mol. The van der Waals surface area contributed by atoms with Crippen LogP contribution in [0.1, 0.15) is 22.8 Å². The molecule has 0 radical (unpaired) electrons. The van der Waals surface area contributed by atoms with Gasteiger partial charge < -0.3 is 4.74 Å². The van der Waals surface area contributed by atoms with E-state index >= 15 is 0 Å². The molecule has 1 unspecified atom stereocenters. The summed E-state index contributed by atoms with van der Waals surface area (Å²) in [5, 5.41) is 0. The largest absolute Gasteiger partial charge is 0.573 e. The molecule has 2 nitrogen and oxygen atoms in total. The Bertz CT molecular complexity index is 427. The summed E-state index contributed by atoms with van der Waals surface area (Å²) >= 11 is 3.08. The van der Waals surface area contributed by atoms with Gasteiger partial charge in [-0.05, 0) is 19.9 Å². The van der Waals surface area contributed by atoms with Gasteiger partial charge in [0.1, 0.15) is 5.75 Å². The van der Waals surface area contributed by atoms with Gasteiger partial charge in [-0.25, -0.2) is 0 Å². The molecule has 0 aromatic heterocycles. The Morgan fingerprint density at radius 2 is 2.00 bits per heavy atom. The Kier molecular flexibility index (Phi) is 4.19. The molecule has 0 heterocycles. The zero-order chi connectivity index (χ0) is 13.2. The molecule has 1 atom stereocenters.